The standard InChI is InChI=1S/C26H31N3O2/c1-18(2)16-17-28(25(30)20-10-9-11-20)19(3)24-27-23-15-8-7-14-22(23)26(31)29(24)21-12-5-4-6-13-21/h4-8,12-15,18-20H,9-11,16-17H2,1-3H3. The molecule has 0 radical (unpaired) electrons. The molecule has 0 spiro atoms. The average Bonchev–Trinajstić information content (AvgIpc) is 2.73. The first kappa shape index (κ1) is 21.3. The van der Waals surface area contributed by atoms with Gasteiger partial charge in [0.05, 0.1) is 22.6 Å². The van der Waals surface area contributed by atoms with Gasteiger partial charge in [-0.3, -0.25) is 14.2 Å². The highest BCUT2D eigenvalue weighted by Gasteiger charge is 2.34. The van der Waals surface area contributed by atoms with Crippen molar-refractivity contribution in [2.24, 2.45) is 11.8 Å². The lowest BCUT2D eigenvalue weighted by Crippen LogP contribution is -2.43. The van der Waals surface area contributed by atoms with Crippen molar-refractivity contribution < 1.29 is 4.79 Å². The summed E-state index contributed by atoms with van der Waals surface area (Å²) in [6.07, 6.45) is 3.96. The van der Waals surface area contributed by atoms with Crippen molar-refractivity contribution in [2.75, 3.05) is 6.54 Å². The van der Waals surface area contributed by atoms with Gasteiger partial charge in [-0.15, -0.1) is 0 Å². The Morgan fingerprint density at radius 2 is 1.74 bits per heavy atom. The maximum absolute atomic E-state index is 13.5. The predicted octanol–water partition coefficient (Wildman–Crippen LogP) is 5.12. The van der Waals surface area contributed by atoms with Gasteiger partial charge >= 0.3 is 0 Å². The number of hydrogen-bond acceptors (Lipinski definition) is 3. The molecule has 0 saturated heterocycles. The molecule has 1 atom stereocenters. The fraction of sp³-hybridized carbons (Fsp3) is 0.423. The van der Waals surface area contributed by atoms with Crippen molar-refractivity contribution in [3.63, 3.8) is 0 Å². The molecular weight excluding hydrogens is 386 g/mol. The van der Waals surface area contributed by atoms with E-state index >= 15 is 0 Å². The minimum Gasteiger partial charge on any atom is -0.333 e. The van der Waals surface area contributed by atoms with Crippen LogP contribution in [0.25, 0.3) is 16.6 Å². The molecule has 5 nitrogen and oxygen atoms in total. The fourth-order valence-corrected chi connectivity index (χ4v) is 4.18. The molecule has 0 bridgehead atoms. The lowest BCUT2D eigenvalue weighted by atomic mass is 9.84. The van der Waals surface area contributed by atoms with Crippen LogP contribution in [-0.4, -0.2) is 26.9 Å². The topological polar surface area (TPSA) is 55.2 Å². The monoisotopic (exact) mass is 417 g/mol. The molecule has 1 saturated carbocycles. The number of para-hydroxylation sites is 2. The van der Waals surface area contributed by atoms with Gasteiger partial charge in [0, 0.05) is 12.5 Å². The van der Waals surface area contributed by atoms with E-state index in [1.54, 1.807) is 4.57 Å². The highest BCUT2D eigenvalue weighted by Crippen LogP contribution is 2.32. The Morgan fingerprint density at radius 1 is 1.06 bits per heavy atom. The van der Waals surface area contributed by atoms with Gasteiger partial charge in [0.25, 0.3) is 5.56 Å². The van der Waals surface area contributed by atoms with Crippen LogP contribution in [0.4, 0.5) is 0 Å². The normalized spacial score (nSPS) is 15.1. The lowest BCUT2D eigenvalue weighted by Gasteiger charge is -2.36. The second-order valence-electron chi connectivity index (χ2n) is 8.98. The molecule has 4 rings (SSSR count). The number of rotatable bonds is 7. The minimum absolute atomic E-state index is 0.0986. The summed E-state index contributed by atoms with van der Waals surface area (Å²) < 4.78 is 1.68. The predicted molar refractivity (Wildman–Crippen MR) is 124 cm³/mol. The zero-order valence-corrected chi connectivity index (χ0v) is 18.6. The van der Waals surface area contributed by atoms with Crippen LogP contribution in [-0.2, 0) is 4.79 Å². The van der Waals surface area contributed by atoms with Gasteiger partial charge in [0.1, 0.15) is 5.82 Å². The highest BCUT2D eigenvalue weighted by molar-refractivity contribution is 5.80. The third kappa shape index (κ3) is 4.27. The number of carbonyl (C=O) groups is 1. The van der Waals surface area contributed by atoms with E-state index in [1.165, 1.54) is 0 Å². The summed E-state index contributed by atoms with van der Waals surface area (Å²) in [5.41, 5.74) is 1.34. The molecule has 1 fully saturated rings. The molecule has 1 aromatic heterocycles. The van der Waals surface area contributed by atoms with Crippen LogP contribution < -0.4 is 5.56 Å². The summed E-state index contributed by atoms with van der Waals surface area (Å²) in [6.45, 7) is 7.02. The molecule has 2 aromatic carbocycles. The smallest absolute Gasteiger partial charge is 0.266 e. The first-order chi connectivity index (χ1) is 15.0. The van der Waals surface area contributed by atoms with E-state index in [1.807, 2.05) is 66.4 Å². The zero-order valence-electron chi connectivity index (χ0n) is 18.6. The summed E-state index contributed by atoms with van der Waals surface area (Å²) >= 11 is 0. The largest absolute Gasteiger partial charge is 0.333 e. The quantitative estimate of drug-likeness (QED) is 0.536. The number of fused-ring (bicyclic) bond motifs is 1. The maximum Gasteiger partial charge on any atom is 0.266 e. The van der Waals surface area contributed by atoms with Crippen molar-refractivity contribution in [3.8, 4) is 5.69 Å². The van der Waals surface area contributed by atoms with Gasteiger partial charge in [0.15, 0.2) is 0 Å². The van der Waals surface area contributed by atoms with Gasteiger partial charge in [-0.25, -0.2) is 4.98 Å². The zero-order chi connectivity index (χ0) is 22.0. The van der Waals surface area contributed by atoms with Gasteiger partial charge in [-0.1, -0.05) is 50.6 Å². The second kappa shape index (κ2) is 9.04. The third-order valence-electron chi connectivity index (χ3n) is 6.34. The molecule has 0 aliphatic heterocycles. The van der Waals surface area contributed by atoms with Crippen LogP contribution in [0.15, 0.2) is 59.4 Å². The third-order valence-corrected chi connectivity index (χ3v) is 6.34. The van der Waals surface area contributed by atoms with Crippen molar-refractivity contribution in [1.29, 1.82) is 0 Å². The fourth-order valence-electron chi connectivity index (χ4n) is 4.18. The van der Waals surface area contributed by atoms with Gasteiger partial charge < -0.3 is 4.90 Å². The highest BCUT2D eigenvalue weighted by atomic mass is 16.2. The molecule has 1 aliphatic carbocycles. The van der Waals surface area contributed by atoms with Gasteiger partial charge in [-0.05, 0) is 56.4 Å². The van der Waals surface area contributed by atoms with Crippen molar-refractivity contribution >= 4 is 16.8 Å². The van der Waals surface area contributed by atoms with Gasteiger partial charge in [-0.2, -0.15) is 0 Å². The summed E-state index contributed by atoms with van der Waals surface area (Å²) in [5, 5.41) is 0.585. The molecule has 1 amide bonds. The number of aromatic nitrogens is 2. The van der Waals surface area contributed by atoms with Crippen LogP contribution in [0.1, 0.15) is 58.3 Å². The Bertz CT molecular complexity index is 1120. The van der Waals surface area contributed by atoms with Crippen LogP contribution in [0.5, 0.6) is 0 Å². The first-order valence-electron chi connectivity index (χ1n) is 11.3. The Hall–Kier alpha value is -2.95. The summed E-state index contributed by atoms with van der Waals surface area (Å²) in [7, 11) is 0. The first-order valence-corrected chi connectivity index (χ1v) is 11.3. The molecule has 1 heterocycles. The van der Waals surface area contributed by atoms with Gasteiger partial charge in [0.2, 0.25) is 5.91 Å². The van der Waals surface area contributed by atoms with Crippen molar-refractivity contribution in [3.05, 3.63) is 70.8 Å². The molecule has 3 aromatic rings. The lowest BCUT2D eigenvalue weighted by molar-refractivity contribution is -0.140. The molecule has 1 unspecified atom stereocenters. The number of nitrogens with zero attached hydrogens (tertiary/aromatic N) is 3. The van der Waals surface area contributed by atoms with E-state index in [9.17, 15) is 9.59 Å². The van der Waals surface area contributed by atoms with E-state index in [-0.39, 0.29) is 23.4 Å². The van der Waals surface area contributed by atoms with E-state index in [2.05, 4.69) is 13.8 Å². The SMILES string of the molecule is CC(C)CCN(C(=O)C1CCC1)C(C)c1nc2ccccc2c(=O)n1-c1ccccc1. The van der Waals surface area contributed by atoms with Crippen LogP contribution >= 0.6 is 0 Å². The maximum atomic E-state index is 13.5. The Kier molecular flexibility index (Phi) is 6.21. The molecular formula is C26H31N3O2. The van der Waals surface area contributed by atoms with E-state index in [0.717, 1.165) is 31.4 Å². The molecule has 31 heavy (non-hydrogen) atoms. The molecule has 162 valence electrons. The average molecular weight is 418 g/mol. The minimum atomic E-state index is -0.302. The molecule has 1 aliphatic rings. The summed E-state index contributed by atoms with van der Waals surface area (Å²) in [6, 6.07) is 16.7. The van der Waals surface area contributed by atoms with Crippen LogP contribution in [0.2, 0.25) is 0 Å². The number of hydrogen-bond donors (Lipinski definition) is 0. The number of benzene rings is 2. The number of carbonyl (C=O) groups excluding carboxylic acids is 1. The second-order valence-corrected chi connectivity index (χ2v) is 8.98. The van der Waals surface area contributed by atoms with Crippen LogP contribution in [0.3, 0.4) is 0 Å². The molecule has 0 N–H and O–H groups in total. The summed E-state index contributed by atoms with van der Waals surface area (Å²) in [5.74, 6) is 1.41. The van der Waals surface area contributed by atoms with E-state index in [4.69, 9.17) is 4.98 Å². The Labute approximate surface area is 183 Å². The van der Waals surface area contributed by atoms with Crippen molar-refractivity contribution in [2.45, 2.75) is 52.5 Å². The summed E-state index contributed by atoms with van der Waals surface area (Å²) in [4.78, 5) is 33.8. The Morgan fingerprint density at radius 3 is 2.39 bits per heavy atom. The van der Waals surface area contributed by atoms with Crippen molar-refractivity contribution in [1.82, 2.24) is 14.5 Å². The Balaban J connectivity index is 1.85. The number of amides is 1. The van der Waals surface area contributed by atoms with Crippen LogP contribution in [0, 0.1) is 11.8 Å². The molecule has 5 heteroatoms. The van der Waals surface area contributed by atoms with E-state index < -0.39 is 0 Å². The van der Waals surface area contributed by atoms with E-state index in [0.29, 0.717) is 29.2 Å².